The minimum absolute atomic E-state index is 0.0283. The zero-order valence-electron chi connectivity index (χ0n) is 13.6. The fourth-order valence-corrected chi connectivity index (χ4v) is 2.09. The van der Waals surface area contributed by atoms with Gasteiger partial charge in [0, 0.05) is 0 Å². The Hall–Kier alpha value is -2.73. The molecule has 0 fully saturated rings. The van der Waals surface area contributed by atoms with E-state index in [1.54, 1.807) is 43.5 Å². The van der Waals surface area contributed by atoms with Gasteiger partial charge in [-0.3, -0.25) is 4.79 Å². The van der Waals surface area contributed by atoms with E-state index in [0.29, 0.717) is 11.5 Å². The molecule has 6 nitrogen and oxygen atoms in total. The molecule has 2 aromatic carbocycles. The standard InChI is InChI=1S/C18H20O6/c1-12(19)18-16(21)4-3-5-17(18)24-11-13(20)10-23-15-8-6-14(22-2)7-9-15/h3-9,13,20-21H,10-11H2,1-2H3. The van der Waals surface area contributed by atoms with Crippen LogP contribution in [0.3, 0.4) is 0 Å². The molecule has 0 bridgehead atoms. The van der Waals surface area contributed by atoms with Crippen LogP contribution in [0.2, 0.25) is 0 Å². The summed E-state index contributed by atoms with van der Waals surface area (Å²) in [5, 5.41) is 19.7. The number of benzene rings is 2. The monoisotopic (exact) mass is 332 g/mol. The van der Waals surface area contributed by atoms with Gasteiger partial charge in [0.25, 0.3) is 0 Å². The van der Waals surface area contributed by atoms with Crippen molar-refractivity contribution in [2.75, 3.05) is 20.3 Å². The Kier molecular flexibility index (Phi) is 6.03. The molecule has 0 radical (unpaired) electrons. The maximum absolute atomic E-state index is 11.6. The summed E-state index contributed by atoms with van der Waals surface area (Å²) in [5.74, 6) is 1.07. The van der Waals surface area contributed by atoms with Crippen LogP contribution < -0.4 is 14.2 Å². The summed E-state index contributed by atoms with van der Waals surface area (Å²) in [6, 6.07) is 11.5. The van der Waals surface area contributed by atoms with Gasteiger partial charge in [-0.1, -0.05) is 6.07 Å². The van der Waals surface area contributed by atoms with E-state index < -0.39 is 6.10 Å². The lowest BCUT2D eigenvalue weighted by Gasteiger charge is -2.15. The van der Waals surface area contributed by atoms with Crippen LogP contribution in [0, 0.1) is 0 Å². The number of hydrogen-bond acceptors (Lipinski definition) is 6. The zero-order valence-corrected chi connectivity index (χ0v) is 13.6. The van der Waals surface area contributed by atoms with Gasteiger partial charge >= 0.3 is 0 Å². The lowest BCUT2D eigenvalue weighted by molar-refractivity contribution is 0.0619. The fourth-order valence-electron chi connectivity index (χ4n) is 2.09. The SMILES string of the molecule is COc1ccc(OCC(O)COc2cccc(O)c2C(C)=O)cc1. The number of ether oxygens (including phenoxy) is 3. The van der Waals surface area contributed by atoms with Crippen LogP contribution in [0.1, 0.15) is 17.3 Å². The number of hydrogen-bond donors (Lipinski definition) is 2. The topological polar surface area (TPSA) is 85.2 Å². The molecule has 1 unspecified atom stereocenters. The molecule has 0 saturated heterocycles. The fraction of sp³-hybridized carbons (Fsp3) is 0.278. The highest BCUT2D eigenvalue weighted by atomic mass is 16.5. The third-order valence-electron chi connectivity index (χ3n) is 3.29. The van der Waals surface area contributed by atoms with Gasteiger partial charge < -0.3 is 24.4 Å². The molecule has 6 heteroatoms. The van der Waals surface area contributed by atoms with E-state index in [0.717, 1.165) is 0 Å². The van der Waals surface area contributed by atoms with Gasteiger partial charge in [0.05, 0.1) is 7.11 Å². The van der Waals surface area contributed by atoms with Gasteiger partial charge in [0.2, 0.25) is 0 Å². The third-order valence-corrected chi connectivity index (χ3v) is 3.29. The van der Waals surface area contributed by atoms with E-state index in [1.165, 1.54) is 13.0 Å². The van der Waals surface area contributed by atoms with Gasteiger partial charge in [-0.15, -0.1) is 0 Å². The largest absolute Gasteiger partial charge is 0.507 e. The average Bonchev–Trinajstić information content (AvgIpc) is 2.58. The quantitative estimate of drug-likeness (QED) is 0.722. The number of phenolic OH excluding ortho intramolecular Hbond substituents is 1. The number of aliphatic hydroxyl groups excluding tert-OH is 1. The van der Waals surface area contributed by atoms with Crippen LogP contribution >= 0.6 is 0 Å². The summed E-state index contributed by atoms with van der Waals surface area (Å²) < 4.78 is 15.9. The van der Waals surface area contributed by atoms with Crippen LogP contribution in [0.5, 0.6) is 23.0 Å². The van der Waals surface area contributed by atoms with Gasteiger partial charge in [-0.05, 0) is 43.3 Å². The number of carbonyl (C=O) groups is 1. The molecule has 128 valence electrons. The van der Waals surface area contributed by atoms with Crippen molar-refractivity contribution in [3.05, 3.63) is 48.0 Å². The van der Waals surface area contributed by atoms with Crippen molar-refractivity contribution in [2.45, 2.75) is 13.0 Å². The van der Waals surface area contributed by atoms with E-state index in [9.17, 15) is 15.0 Å². The molecule has 2 N–H and O–H groups in total. The van der Waals surface area contributed by atoms with E-state index >= 15 is 0 Å². The summed E-state index contributed by atoms with van der Waals surface area (Å²) >= 11 is 0. The summed E-state index contributed by atoms with van der Waals surface area (Å²) in [6.45, 7) is 1.30. The number of rotatable bonds is 8. The zero-order chi connectivity index (χ0) is 17.5. The Labute approximate surface area is 140 Å². The van der Waals surface area contributed by atoms with Gasteiger partial charge in [-0.25, -0.2) is 0 Å². The van der Waals surface area contributed by atoms with E-state index in [2.05, 4.69) is 0 Å². The van der Waals surface area contributed by atoms with Crippen molar-refractivity contribution in [2.24, 2.45) is 0 Å². The van der Waals surface area contributed by atoms with Crippen LogP contribution in [-0.2, 0) is 0 Å². The second-order valence-electron chi connectivity index (χ2n) is 5.16. The minimum Gasteiger partial charge on any atom is -0.507 e. The highest BCUT2D eigenvalue weighted by Crippen LogP contribution is 2.28. The van der Waals surface area contributed by atoms with Crippen molar-refractivity contribution in [1.82, 2.24) is 0 Å². The number of phenols is 1. The van der Waals surface area contributed by atoms with E-state index in [-0.39, 0.29) is 36.1 Å². The van der Waals surface area contributed by atoms with E-state index in [4.69, 9.17) is 14.2 Å². The first-order valence-electron chi connectivity index (χ1n) is 7.42. The predicted molar refractivity (Wildman–Crippen MR) is 88.1 cm³/mol. The summed E-state index contributed by atoms with van der Waals surface area (Å²) in [6.07, 6.45) is -0.894. The Morgan fingerprint density at radius 3 is 2.29 bits per heavy atom. The molecule has 0 saturated carbocycles. The number of Topliss-reactive ketones (excluding diaryl/α,β-unsaturated/α-hetero) is 1. The van der Waals surface area contributed by atoms with Crippen molar-refractivity contribution in [3.8, 4) is 23.0 Å². The molecule has 0 aromatic heterocycles. The van der Waals surface area contributed by atoms with Gasteiger partial charge in [-0.2, -0.15) is 0 Å². The van der Waals surface area contributed by atoms with Gasteiger partial charge in [0.1, 0.15) is 47.9 Å². The molecule has 24 heavy (non-hydrogen) atoms. The van der Waals surface area contributed by atoms with Crippen molar-refractivity contribution >= 4 is 5.78 Å². The van der Waals surface area contributed by atoms with Gasteiger partial charge in [0.15, 0.2) is 5.78 Å². The predicted octanol–water partition coefficient (Wildman–Crippen LogP) is 2.42. The second-order valence-corrected chi connectivity index (χ2v) is 5.16. The minimum atomic E-state index is -0.894. The lowest BCUT2D eigenvalue weighted by Crippen LogP contribution is -2.25. The molecule has 0 amide bonds. The Bertz CT molecular complexity index is 680. The Morgan fingerprint density at radius 1 is 1.04 bits per heavy atom. The first-order chi connectivity index (χ1) is 11.5. The molecule has 1 atom stereocenters. The number of methoxy groups -OCH3 is 1. The molecule has 0 heterocycles. The molecular formula is C18H20O6. The lowest BCUT2D eigenvalue weighted by atomic mass is 10.1. The maximum atomic E-state index is 11.6. The van der Waals surface area contributed by atoms with E-state index in [1.807, 2.05) is 0 Å². The highest BCUT2D eigenvalue weighted by molar-refractivity contribution is 5.99. The number of aliphatic hydroxyl groups is 1. The van der Waals surface area contributed by atoms with Crippen molar-refractivity contribution < 1.29 is 29.2 Å². The number of carbonyl (C=O) groups excluding carboxylic acids is 1. The normalized spacial score (nSPS) is 11.6. The third kappa shape index (κ3) is 4.63. The first kappa shape index (κ1) is 17.6. The Balaban J connectivity index is 1.88. The highest BCUT2D eigenvalue weighted by Gasteiger charge is 2.15. The average molecular weight is 332 g/mol. The molecule has 2 aromatic rings. The molecule has 0 spiro atoms. The van der Waals surface area contributed by atoms with Crippen LogP contribution in [0.15, 0.2) is 42.5 Å². The smallest absolute Gasteiger partial charge is 0.167 e. The number of aromatic hydroxyl groups is 1. The van der Waals surface area contributed by atoms with Crippen molar-refractivity contribution in [3.63, 3.8) is 0 Å². The Morgan fingerprint density at radius 2 is 1.67 bits per heavy atom. The second kappa shape index (κ2) is 8.21. The molecule has 0 aliphatic carbocycles. The summed E-state index contributed by atoms with van der Waals surface area (Å²) in [7, 11) is 1.58. The summed E-state index contributed by atoms with van der Waals surface area (Å²) in [4.78, 5) is 11.6. The molecule has 0 aliphatic rings. The van der Waals surface area contributed by atoms with Crippen molar-refractivity contribution in [1.29, 1.82) is 0 Å². The maximum Gasteiger partial charge on any atom is 0.167 e. The summed E-state index contributed by atoms with van der Waals surface area (Å²) in [5.41, 5.74) is 0.0979. The van der Waals surface area contributed by atoms with Crippen LogP contribution in [0.25, 0.3) is 0 Å². The number of ketones is 1. The molecule has 0 aliphatic heterocycles. The van der Waals surface area contributed by atoms with Crippen LogP contribution in [0.4, 0.5) is 0 Å². The molecule has 2 rings (SSSR count). The first-order valence-corrected chi connectivity index (χ1v) is 7.42. The molecular weight excluding hydrogens is 312 g/mol. The van der Waals surface area contributed by atoms with Crippen LogP contribution in [-0.4, -0.2) is 42.4 Å².